The molecular weight excluding hydrogens is 546 g/mol. The van der Waals surface area contributed by atoms with Gasteiger partial charge >= 0.3 is 0 Å². The number of ether oxygens (including phenoxy) is 2. The van der Waals surface area contributed by atoms with E-state index in [1.54, 1.807) is 65.6 Å². The Morgan fingerprint density at radius 3 is 2.33 bits per heavy atom. The zero-order valence-corrected chi connectivity index (χ0v) is 21.3. The molecule has 40 heavy (non-hydrogen) atoms. The molecule has 1 aliphatic rings. The predicted octanol–water partition coefficient (Wildman–Crippen LogP) is 5.53. The monoisotopic (exact) mass is 566 g/mol. The van der Waals surface area contributed by atoms with Crippen LogP contribution < -0.4 is 25.5 Å². The van der Waals surface area contributed by atoms with Gasteiger partial charge in [-0.05, 0) is 48.0 Å². The number of phenols is 1. The van der Waals surface area contributed by atoms with Crippen LogP contribution in [0.15, 0.2) is 79.4 Å². The van der Waals surface area contributed by atoms with Gasteiger partial charge in [0.15, 0.2) is 34.8 Å². The summed E-state index contributed by atoms with van der Waals surface area (Å²) in [5, 5.41) is 15.3. The van der Waals surface area contributed by atoms with Gasteiger partial charge in [-0.3, -0.25) is 10.1 Å². The molecule has 3 aromatic heterocycles. The quantitative estimate of drug-likeness (QED) is 0.195. The lowest BCUT2D eigenvalue weighted by molar-refractivity contribution is 0.171. The summed E-state index contributed by atoms with van der Waals surface area (Å²) in [6.45, 7) is 0.973. The van der Waals surface area contributed by atoms with Gasteiger partial charge < -0.3 is 25.2 Å². The summed E-state index contributed by atoms with van der Waals surface area (Å²) in [4.78, 5) is 15.2. The van der Waals surface area contributed by atoms with E-state index in [0.29, 0.717) is 36.1 Å². The van der Waals surface area contributed by atoms with Crippen LogP contribution in [0.2, 0.25) is 5.28 Å². The summed E-state index contributed by atoms with van der Waals surface area (Å²) in [6.07, 6.45) is 5.52. The molecule has 0 spiro atoms. The first-order chi connectivity index (χ1) is 19.4. The summed E-state index contributed by atoms with van der Waals surface area (Å²) >= 11 is 5.52. The third kappa shape index (κ3) is 6.82. The molecule has 11 nitrogen and oxygen atoms in total. The van der Waals surface area contributed by atoms with Gasteiger partial charge in [0.1, 0.15) is 19.0 Å². The van der Waals surface area contributed by atoms with Crippen LogP contribution in [-0.2, 0) is 0 Å². The highest BCUT2D eigenvalue weighted by atomic mass is 35.5. The molecule has 5 aromatic rings. The fourth-order valence-corrected chi connectivity index (χ4v) is 3.57. The van der Waals surface area contributed by atoms with Crippen molar-refractivity contribution in [3.63, 3.8) is 0 Å². The Morgan fingerprint density at radius 1 is 0.800 bits per heavy atom. The fourth-order valence-electron chi connectivity index (χ4n) is 3.44. The van der Waals surface area contributed by atoms with Crippen molar-refractivity contribution in [2.24, 2.45) is 0 Å². The van der Waals surface area contributed by atoms with Crippen molar-refractivity contribution in [3.05, 3.63) is 96.3 Å². The van der Waals surface area contributed by atoms with Crippen LogP contribution in [0.1, 0.15) is 0 Å². The lowest BCUT2D eigenvalue weighted by Crippen LogP contribution is -2.15. The lowest BCUT2D eigenvalue weighted by Gasteiger charge is -2.19. The molecule has 14 heteroatoms. The maximum atomic E-state index is 14.1. The van der Waals surface area contributed by atoms with E-state index in [-0.39, 0.29) is 28.6 Å². The second-order valence-electron chi connectivity index (χ2n) is 8.09. The van der Waals surface area contributed by atoms with Gasteiger partial charge in [-0.25, -0.2) is 18.7 Å². The minimum Gasteiger partial charge on any atom is -0.508 e. The molecule has 0 unspecified atom stereocenters. The standard InChI is InChI=1S/C18H15FN4O3.C8H6ClFN4/c19-14-10-20-18(22-11-2-1-3-13(24)8-11)23-17(14)21-12-4-5-15-16(9-12)26-7-6-25-15;9-8-11-5-6(10)7(12-8)13-14-3-1-2-4-14/h1-5,8-10,24H,6-7H2,(H2,20,21,22,23);1-5H,(H,11,12,13). The van der Waals surface area contributed by atoms with E-state index < -0.39 is 11.6 Å². The van der Waals surface area contributed by atoms with Crippen molar-refractivity contribution in [3.8, 4) is 17.2 Å². The van der Waals surface area contributed by atoms with E-state index in [1.807, 2.05) is 0 Å². The van der Waals surface area contributed by atoms with E-state index >= 15 is 0 Å². The number of aromatic hydroxyl groups is 1. The van der Waals surface area contributed by atoms with E-state index in [2.05, 4.69) is 36.0 Å². The average molecular weight is 567 g/mol. The van der Waals surface area contributed by atoms with E-state index in [1.165, 1.54) is 6.07 Å². The highest BCUT2D eigenvalue weighted by molar-refractivity contribution is 6.28. The summed E-state index contributed by atoms with van der Waals surface area (Å²) < 4.78 is 39.7. The second-order valence-corrected chi connectivity index (χ2v) is 8.42. The van der Waals surface area contributed by atoms with Crippen molar-refractivity contribution in [2.45, 2.75) is 0 Å². The molecule has 0 bridgehead atoms. The topological polar surface area (TPSA) is 131 Å². The van der Waals surface area contributed by atoms with Gasteiger partial charge in [-0.15, -0.1) is 0 Å². The van der Waals surface area contributed by atoms with Crippen molar-refractivity contribution in [1.82, 2.24) is 24.6 Å². The first-order valence-electron chi connectivity index (χ1n) is 11.8. The second kappa shape index (κ2) is 12.1. The lowest BCUT2D eigenvalue weighted by atomic mass is 10.2. The van der Waals surface area contributed by atoms with E-state index in [4.69, 9.17) is 21.1 Å². The Kier molecular flexibility index (Phi) is 8.02. The molecule has 4 heterocycles. The van der Waals surface area contributed by atoms with Crippen LogP contribution in [0, 0.1) is 11.6 Å². The van der Waals surface area contributed by atoms with Crippen LogP contribution >= 0.6 is 11.6 Å². The molecule has 2 aromatic carbocycles. The number of benzene rings is 2. The first-order valence-corrected chi connectivity index (χ1v) is 12.1. The van der Waals surface area contributed by atoms with Gasteiger partial charge in [0.2, 0.25) is 11.2 Å². The molecule has 0 amide bonds. The maximum Gasteiger partial charge on any atom is 0.229 e. The number of hydrogen-bond donors (Lipinski definition) is 4. The number of aromatic nitrogens is 5. The zero-order valence-electron chi connectivity index (χ0n) is 20.6. The van der Waals surface area contributed by atoms with Gasteiger partial charge in [-0.1, -0.05) is 6.07 Å². The SMILES string of the molecule is Fc1cnc(Cl)nc1Nn1cccc1.Oc1cccc(Nc2ncc(F)c(Nc3ccc4c(c3)OCCO4)n2)c1. The Balaban J connectivity index is 0.000000194. The highest BCUT2D eigenvalue weighted by Gasteiger charge is 2.14. The summed E-state index contributed by atoms with van der Waals surface area (Å²) in [7, 11) is 0. The maximum absolute atomic E-state index is 14.1. The predicted molar refractivity (Wildman–Crippen MR) is 145 cm³/mol. The minimum absolute atomic E-state index is 0.000978. The smallest absolute Gasteiger partial charge is 0.229 e. The van der Waals surface area contributed by atoms with Crippen molar-refractivity contribution >= 4 is 40.6 Å². The van der Waals surface area contributed by atoms with Crippen LogP contribution in [-0.4, -0.2) is 42.9 Å². The Morgan fingerprint density at radius 2 is 1.52 bits per heavy atom. The van der Waals surface area contributed by atoms with Gasteiger partial charge in [0, 0.05) is 35.9 Å². The third-order valence-electron chi connectivity index (χ3n) is 5.21. The summed E-state index contributed by atoms with van der Waals surface area (Å²) in [5.74, 6) is 0.443. The summed E-state index contributed by atoms with van der Waals surface area (Å²) in [6, 6.07) is 15.3. The van der Waals surface area contributed by atoms with Gasteiger partial charge in [0.25, 0.3) is 0 Å². The zero-order chi connectivity index (χ0) is 27.9. The fraction of sp³-hybridized carbons (Fsp3) is 0.0769. The first kappa shape index (κ1) is 26.4. The molecule has 0 atom stereocenters. The largest absolute Gasteiger partial charge is 0.508 e. The minimum atomic E-state index is -0.596. The number of phenolic OH excluding ortho intramolecular Hbond substituents is 1. The van der Waals surface area contributed by atoms with Crippen LogP contribution in [0.25, 0.3) is 0 Å². The number of anilines is 5. The molecule has 0 radical (unpaired) electrons. The van der Waals surface area contributed by atoms with E-state index in [9.17, 15) is 13.9 Å². The number of halogens is 3. The molecule has 6 rings (SSSR count). The third-order valence-corrected chi connectivity index (χ3v) is 5.39. The van der Waals surface area contributed by atoms with Crippen LogP contribution in [0.3, 0.4) is 0 Å². The highest BCUT2D eigenvalue weighted by Crippen LogP contribution is 2.33. The number of fused-ring (bicyclic) bond motifs is 1. The van der Waals surface area contributed by atoms with Gasteiger partial charge in [0.05, 0.1) is 12.4 Å². The Hall–Kier alpha value is -5.17. The molecule has 204 valence electrons. The van der Waals surface area contributed by atoms with Crippen molar-refractivity contribution < 1.29 is 23.4 Å². The van der Waals surface area contributed by atoms with Crippen molar-refractivity contribution in [1.29, 1.82) is 0 Å². The average Bonchev–Trinajstić information content (AvgIpc) is 3.46. The molecule has 1 aliphatic heterocycles. The Labute approximate surface area is 231 Å². The molecule has 0 saturated carbocycles. The molecule has 4 N–H and O–H groups in total. The van der Waals surface area contributed by atoms with Crippen LogP contribution in [0.5, 0.6) is 17.2 Å². The van der Waals surface area contributed by atoms with Crippen molar-refractivity contribution in [2.75, 3.05) is 29.3 Å². The van der Waals surface area contributed by atoms with Crippen LogP contribution in [0.4, 0.5) is 37.7 Å². The number of hydrogen-bond acceptors (Lipinski definition) is 10. The Bertz CT molecular complexity index is 1610. The van der Waals surface area contributed by atoms with E-state index in [0.717, 1.165) is 12.4 Å². The molecule has 0 aliphatic carbocycles. The normalized spacial score (nSPS) is 11.7. The summed E-state index contributed by atoms with van der Waals surface area (Å²) in [5.41, 5.74) is 3.89. The molecule has 0 saturated heterocycles. The molecular formula is C26H21ClF2N8O3. The number of nitrogens with zero attached hydrogens (tertiary/aromatic N) is 5. The van der Waals surface area contributed by atoms with Gasteiger partial charge in [-0.2, -0.15) is 9.97 Å². The number of nitrogens with one attached hydrogen (secondary N) is 3. The molecule has 0 fully saturated rings. The number of rotatable bonds is 6.